The van der Waals surface area contributed by atoms with Gasteiger partial charge in [-0.2, -0.15) is 0 Å². The van der Waals surface area contributed by atoms with E-state index in [-0.39, 0.29) is 11.8 Å². The van der Waals surface area contributed by atoms with Crippen LogP contribution in [0.15, 0.2) is 77.5 Å². The summed E-state index contributed by atoms with van der Waals surface area (Å²) in [5, 5.41) is 4.90. The fraction of sp³-hybridized carbons (Fsp3) is 0.174. The number of carbonyl (C=O) groups is 1. The Hall–Kier alpha value is -2.98. The van der Waals surface area contributed by atoms with Crippen molar-refractivity contribution in [3.05, 3.63) is 95.0 Å². The highest BCUT2D eigenvalue weighted by molar-refractivity contribution is 6.31. The maximum absolute atomic E-state index is 12.4. The third-order valence-corrected chi connectivity index (χ3v) is 5.30. The topological polar surface area (TPSA) is 58.0 Å². The second-order valence-corrected chi connectivity index (χ2v) is 7.15. The molecule has 2 N–H and O–H groups in total. The lowest BCUT2D eigenvalue weighted by molar-refractivity contribution is -0.121. The van der Waals surface area contributed by atoms with Crippen LogP contribution in [0.25, 0.3) is 10.9 Å². The van der Waals surface area contributed by atoms with E-state index < -0.39 is 0 Å². The van der Waals surface area contributed by atoms with E-state index in [0.29, 0.717) is 24.4 Å². The molecule has 0 saturated carbocycles. The van der Waals surface area contributed by atoms with Gasteiger partial charge in [0.15, 0.2) is 0 Å². The van der Waals surface area contributed by atoms with Crippen molar-refractivity contribution in [3.8, 4) is 0 Å². The van der Waals surface area contributed by atoms with Gasteiger partial charge in [0.25, 0.3) is 0 Å². The first-order valence-electron chi connectivity index (χ1n) is 9.32. The molecule has 0 aliphatic rings. The van der Waals surface area contributed by atoms with Crippen LogP contribution in [0.5, 0.6) is 0 Å². The average molecular weight is 393 g/mol. The van der Waals surface area contributed by atoms with Crippen LogP contribution in [0.3, 0.4) is 0 Å². The summed E-state index contributed by atoms with van der Waals surface area (Å²) in [4.78, 5) is 15.7. The van der Waals surface area contributed by atoms with Crippen molar-refractivity contribution in [1.29, 1.82) is 0 Å². The Kier molecular flexibility index (Phi) is 5.49. The van der Waals surface area contributed by atoms with Crippen molar-refractivity contribution in [2.24, 2.45) is 0 Å². The largest absolute Gasteiger partial charge is 0.469 e. The minimum absolute atomic E-state index is 0.00621. The number of H-pyrrole nitrogens is 1. The molecular weight excluding hydrogens is 372 g/mol. The molecule has 0 aliphatic carbocycles. The fourth-order valence-corrected chi connectivity index (χ4v) is 3.79. The quantitative estimate of drug-likeness (QED) is 0.448. The van der Waals surface area contributed by atoms with Crippen LogP contribution in [-0.2, 0) is 11.2 Å². The van der Waals surface area contributed by atoms with Crippen LogP contribution in [0.2, 0.25) is 5.02 Å². The molecule has 4 rings (SSSR count). The number of hydrogen-bond donors (Lipinski definition) is 2. The predicted octanol–water partition coefficient (Wildman–Crippen LogP) is 5.30. The normalized spacial score (nSPS) is 12.2. The summed E-state index contributed by atoms with van der Waals surface area (Å²) in [6.07, 6.45) is 4.60. The fourth-order valence-electron chi connectivity index (χ4n) is 3.52. The van der Waals surface area contributed by atoms with Crippen molar-refractivity contribution >= 4 is 28.4 Å². The second-order valence-electron chi connectivity index (χ2n) is 6.75. The van der Waals surface area contributed by atoms with Crippen LogP contribution in [0.4, 0.5) is 0 Å². The van der Waals surface area contributed by atoms with Gasteiger partial charge in [-0.3, -0.25) is 4.79 Å². The van der Waals surface area contributed by atoms with Crippen LogP contribution in [-0.4, -0.2) is 17.4 Å². The lowest BCUT2D eigenvalue weighted by atomic mass is 9.90. The third kappa shape index (κ3) is 3.97. The zero-order valence-corrected chi connectivity index (χ0v) is 16.1. The van der Waals surface area contributed by atoms with E-state index in [0.717, 1.165) is 27.8 Å². The number of benzene rings is 2. The maximum Gasteiger partial charge on any atom is 0.220 e. The molecule has 2 aromatic heterocycles. The molecular formula is C23H21ClN2O2. The summed E-state index contributed by atoms with van der Waals surface area (Å²) < 4.78 is 5.30. The Morgan fingerprint density at radius 1 is 1.04 bits per heavy atom. The Bertz CT molecular complexity index is 1070. The molecule has 0 radical (unpaired) electrons. The smallest absolute Gasteiger partial charge is 0.220 e. The zero-order chi connectivity index (χ0) is 19.3. The first-order valence-corrected chi connectivity index (χ1v) is 9.69. The van der Waals surface area contributed by atoms with E-state index in [1.165, 1.54) is 0 Å². The summed E-state index contributed by atoms with van der Waals surface area (Å²) in [5.74, 6) is 0.764. The zero-order valence-electron chi connectivity index (χ0n) is 15.3. The summed E-state index contributed by atoms with van der Waals surface area (Å²) in [6, 6.07) is 19.7. The molecule has 0 spiro atoms. The number of furan rings is 1. The summed E-state index contributed by atoms with van der Waals surface area (Å²) in [7, 11) is 0. The van der Waals surface area contributed by atoms with Crippen LogP contribution in [0.1, 0.15) is 29.2 Å². The molecule has 0 bridgehead atoms. The van der Waals surface area contributed by atoms with Gasteiger partial charge in [-0.25, -0.2) is 0 Å². The van der Waals surface area contributed by atoms with E-state index in [9.17, 15) is 4.79 Å². The lowest BCUT2D eigenvalue weighted by Crippen LogP contribution is -2.29. The lowest BCUT2D eigenvalue weighted by Gasteiger charge is -2.19. The molecule has 1 amide bonds. The molecule has 2 aromatic carbocycles. The van der Waals surface area contributed by atoms with Gasteiger partial charge >= 0.3 is 0 Å². The standard InChI is InChI=1S/C23H21ClN2O2/c24-21-9-3-1-7-17(21)19(20-14-25-22-10-4-2-8-18(20)22)15-26-23(27)12-11-16-6-5-13-28-16/h1-10,13-14,19,25H,11-12,15H2,(H,26,27)/t19-/m0/s1. The monoisotopic (exact) mass is 392 g/mol. The number of aromatic nitrogens is 1. The summed E-state index contributed by atoms with van der Waals surface area (Å²) >= 11 is 6.50. The first-order chi connectivity index (χ1) is 13.7. The molecule has 2 heterocycles. The molecule has 142 valence electrons. The van der Waals surface area contributed by atoms with Gasteiger partial charge in [0.05, 0.1) is 6.26 Å². The highest BCUT2D eigenvalue weighted by Crippen LogP contribution is 2.34. The van der Waals surface area contributed by atoms with Crippen LogP contribution in [0, 0.1) is 0 Å². The van der Waals surface area contributed by atoms with Crippen molar-refractivity contribution in [2.45, 2.75) is 18.8 Å². The van der Waals surface area contributed by atoms with Crippen molar-refractivity contribution < 1.29 is 9.21 Å². The molecule has 4 nitrogen and oxygen atoms in total. The number of rotatable bonds is 7. The average Bonchev–Trinajstić information content (AvgIpc) is 3.38. The number of carbonyl (C=O) groups excluding carboxylic acids is 1. The molecule has 4 aromatic rings. The number of nitrogens with one attached hydrogen (secondary N) is 2. The molecule has 0 aliphatic heterocycles. The Morgan fingerprint density at radius 2 is 1.86 bits per heavy atom. The van der Waals surface area contributed by atoms with Gasteiger partial charge in [-0.15, -0.1) is 0 Å². The number of aromatic amines is 1. The molecule has 28 heavy (non-hydrogen) atoms. The van der Waals surface area contributed by atoms with Gasteiger partial charge in [0.1, 0.15) is 5.76 Å². The van der Waals surface area contributed by atoms with E-state index in [1.54, 1.807) is 6.26 Å². The highest BCUT2D eigenvalue weighted by atomic mass is 35.5. The van der Waals surface area contributed by atoms with Crippen LogP contribution < -0.4 is 5.32 Å². The predicted molar refractivity (Wildman–Crippen MR) is 112 cm³/mol. The molecule has 5 heteroatoms. The molecule has 0 unspecified atom stereocenters. The highest BCUT2D eigenvalue weighted by Gasteiger charge is 2.21. The number of para-hydroxylation sites is 1. The molecule has 0 fully saturated rings. The number of amides is 1. The van der Waals surface area contributed by atoms with Gasteiger partial charge in [-0.1, -0.05) is 48.0 Å². The first kappa shape index (κ1) is 18.4. The SMILES string of the molecule is O=C(CCc1ccco1)NC[C@@H](c1ccccc1Cl)c1c[nH]c2ccccc12. The van der Waals surface area contributed by atoms with E-state index >= 15 is 0 Å². The summed E-state index contributed by atoms with van der Waals surface area (Å²) in [6.45, 7) is 0.475. The number of aryl methyl sites for hydroxylation is 1. The van der Waals surface area contributed by atoms with E-state index in [2.05, 4.69) is 16.4 Å². The van der Waals surface area contributed by atoms with E-state index in [4.69, 9.17) is 16.0 Å². The number of halogens is 1. The number of fused-ring (bicyclic) bond motifs is 1. The minimum atomic E-state index is -0.0441. The van der Waals surface area contributed by atoms with Crippen LogP contribution >= 0.6 is 11.6 Å². The molecule has 1 atom stereocenters. The Balaban J connectivity index is 1.55. The minimum Gasteiger partial charge on any atom is -0.469 e. The number of hydrogen-bond acceptors (Lipinski definition) is 2. The van der Waals surface area contributed by atoms with Crippen molar-refractivity contribution in [1.82, 2.24) is 10.3 Å². The maximum atomic E-state index is 12.4. The Labute approximate surface area is 168 Å². The van der Waals surface area contributed by atoms with E-state index in [1.807, 2.05) is 60.8 Å². The summed E-state index contributed by atoms with van der Waals surface area (Å²) in [5.41, 5.74) is 3.19. The van der Waals surface area contributed by atoms with Crippen molar-refractivity contribution in [2.75, 3.05) is 6.54 Å². The van der Waals surface area contributed by atoms with Gasteiger partial charge < -0.3 is 14.7 Å². The molecule has 0 saturated heterocycles. The third-order valence-electron chi connectivity index (χ3n) is 4.96. The Morgan fingerprint density at radius 3 is 2.68 bits per heavy atom. The van der Waals surface area contributed by atoms with Gasteiger partial charge in [-0.05, 0) is 35.4 Å². The second kappa shape index (κ2) is 8.36. The van der Waals surface area contributed by atoms with Crippen molar-refractivity contribution in [3.63, 3.8) is 0 Å². The van der Waals surface area contributed by atoms with Gasteiger partial charge in [0.2, 0.25) is 5.91 Å². The van der Waals surface area contributed by atoms with Gasteiger partial charge in [0, 0.05) is 47.4 Å².